The number of aromatic amines is 1. The molecule has 1 aromatic heterocycles. The van der Waals surface area contributed by atoms with Gasteiger partial charge in [0.05, 0.1) is 5.92 Å². The zero-order chi connectivity index (χ0) is 18.8. The third kappa shape index (κ3) is 3.80. The Kier molecular flexibility index (Phi) is 5.13. The molecule has 1 fully saturated rings. The molecule has 136 valence electrons. The van der Waals surface area contributed by atoms with Gasteiger partial charge < -0.3 is 15.2 Å². The monoisotopic (exact) mass is 373 g/mol. The molecule has 0 spiro atoms. The third-order valence-corrected chi connectivity index (χ3v) is 4.82. The maximum absolute atomic E-state index is 12.5. The molecular weight excluding hydrogens is 354 g/mol. The highest BCUT2D eigenvalue weighted by atomic mass is 35.5. The molecule has 0 saturated carbocycles. The lowest BCUT2D eigenvalue weighted by Crippen LogP contribution is -2.34. The lowest BCUT2D eigenvalue weighted by Gasteiger charge is -2.17. The van der Waals surface area contributed by atoms with Gasteiger partial charge in [0.1, 0.15) is 0 Å². The number of rotatable bonds is 4. The molecule has 2 N–H and O–H groups in total. The van der Waals surface area contributed by atoms with Crippen molar-refractivity contribution in [3.05, 3.63) is 62.5 Å². The topological polar surface area (TPSA) is 82.3 Å². The average molecular weight is 374 g/mol. The van der Waals surface area contributed by atoms with Crippen LogP contribution in [0.4, 0.5) is 5.69 Å². The minimum absolute atomic E-state index is 0.100. The summed E-state index contributed by atoms with van der Waals surface area (Å²) in [6.45, 7) is 4.11. The summed E-state index contributed by atoms with van der Waals surface area (Å²) in [7, 11) is 0. The second kappa shape index (κ2) is 7.33. The summed E-state index contributed by atoms with van der Waals surface area (Å²) in [4.78, 5) is 41.1. The molecule has 1 aromatic carbocycles. The number of amides is 2. The largest absolute Gasteiger partial charge is 0.351 e. The van der Waals surface area contributed by atoms with Crippen molar-refractivity contribution in [2.24, 2.45) is 5.92 Å². The maximum Gasteiger partial charge on any atom is 0.253 e. The van der Waals surface area contributed by atoms with Gasteiger partial charge in [-0.2, -0.15) is 0 Å². The van der Waals surface area contributed by atoms with Gasteiger partial charge in [-0.1, -0.05) is 11.6 Å². The molecule has 3 rings (SSSR count). The Morgan fingerprint density at radius 1 is 1.27 bits per heavy atom. The molecular formula is C19H20ClN3O3. The summed E-state index contributed by atoms with van der Waals surface area (Å²) < 4.78 is 0. The van der Waals surface area contributed by atoms with Crippen molar-refractivity contribution in [1.29, 1.82) is 0 Å². The second-order valence-corrected chi connectivity index (χ2v) is 6.98. The number of carbonyl (C=O) groups excluding carboxylic acids is 2. The van der Waals surface area contributed by atoms with Crippen molar-refractivity contribution in [3.63, 3.8) is 0 Å². The predicted molar refractivity (Wildman–Crippen MR) is 100 cm³/mol. The van der Waals surface area contributed by atoms with Crippen LogP contribution in [0.1, 0.15) is 23.2 Å². The number of benzene rings is 1. The van der Waals surface area contributed by atoms with Gasteiger partial charge in [-0.3, -0.25) is 14.4 Å². The summed E-state index contributed by atoms with van der Waals surface area (Å²) in [6, 6.07) is 8.81. The normalized spacial score (nSPS) is 16.8. The van der Waals surface area contributed by atoms with Crippen molar-refractivity contribution in [2.45, 2.75) is 26.8 Å². The molecule has 1 unspecified atom stereocenters. The first-order valence-electron chi connectivity index (χ1n) is 8.38. The fourth-order valence-electron chi connectivity index (χ4n) is 3.17. The quantitative estimate of drug-likeness (QED) is 0.862. The van der Waals surface area contributed by atoms with Gasteiger partial charge in [0.2, 0.25) is 11.8 Å². The number of aryl methyl sites for hydroxylation is 2. The van der Waals surface area contributed by atoms with Crippen LogP contribution in [0.5, 0.6) is 0 Å². The molecule has 1 aliphatic heterocycles. The number of pyridine rings is 1. The smallest absolute Gasteiger partial charge is 0.253 e. The van der Waals surface area contributed by atoms with E-state index in [0.29, 0.717) is 17.1 Å². The van der Waals surface area contributed by atoms with Crippen LogP contribution in [0.2, 0.25) is 5.02 Å². The number of nitrogens with one attached hydrogen (secondary N) is 2. The van der Waals surface area contributed by atoms with Crippen molar-refractivity contribution < 1.29 is 9.59 Å². The van der Waals surface area contributed by atoms with Crippen LogP contribution in [0.25, 0.3) is 0 Å². The summed E-state index contributed by atoms with van der Waals surface area (Å²) in [5.74, 6) is -0.769. The van der Waals surface area contributed by atoms with Gasteiger partial charge in [-0.25, -0.2) is 0 Å². The Morgan fingerprint density at radius 2 is 1.96 bits per heavy atom. The number of hydrogen-bond donors (Lipinski definition) is 2. The van der Waals surface area contributed by atoms with E-state index in [1.54, 1.807) is 29.2 Å². The molecule has 0 bridgehead atoms. The first-order chi connectivity index (χ1) is 12.3. The Labute approximate surface area is 156 Å². The molecule has 6 nitrogen and oxygen atoms in total. The zero-order valence-corrected chi connectivity index (χ0v) is 15.4. The first kappa shape index (κ1) is 18.2. The van der Waals surface area contributed by atoms with E-state index in [-0.39, 0.29) is 30.3 Å². The van der Waals surface area contributed by atoms with Gasteiger partial charge in [-0.15, -0.1) is 0 Å². The van der Waals surface area contributed by atoms with E-state index in [1.165, 1.54) is 0 Å². The predicted octanol–water partition coefficient (Wildman–Crippen LogP) is 2.31. The van der Waals surface area contributed by atoms with Crippen LogP contribution in [-0.4, -0.2) is 23.3 Å². The van der Waals surface area contributed by atoms with Crippen molar-refractivity contribution in [1.82, 2.24) is 10.3 Å². The van der Waals surface area contributed by atoms with E-state index in [4.69, 9.17) is 11.6 Å². The fraction of sp³-hybridized carbons (Fsp3) is 0.316. The van der Waals surface area contributed by atoms with Gasteiger partial charge >= 0.3 is 0 Å². The molecule has 1 saturated heterocycles. The van der Waals surface area contributed by atoms with Gasteiger partial charge in [0.25, 0.3) is 5.56 Å². The lowest BCUT2D eigenvalue weighted by molar-refractivity contribution is -0.126. The van der Waals surface area contributed by atoms with E-state index in [2.05, 4.69) is 10.3 Å². The van der Waals surface area contributed by atoms with Crippen LogP contribution >= 0.6 is 11.6 Å². The van der Waals surface area contributed by atoms with E-state index in [0.717, 1.165) is 16.9 Å². The number of hydrogen-bond acceptors (Lipinski definition) is 3. The highest BCUT2D eigenvalue weighted by Crippen LogP contribution is 2.26. The van der Waals surface area contributed by atoms with Gasteiger partial charge in [0.15, 0.2) is 0 Å². The second-order valence-electron chi connectivity index (χ2n) is 6.54. The van der Waals surface area contributed by atoms with Gasteiger partial charge in [-0.05, 0) is 49.7 Å². The number of carbonyl (C=O) groups is 2. The van der Waals surface area contributed by atoms with Crippen LogP contribution in [0.15, 0.2) is 35.1 Å². The van der Waals surface area contributed by atoms with Crippen LogP contribution in [-0.2, 0) is 16.1 Å². The van der Waals surface area contributed by atoms with E-state index in [9.17, 15) is 14.4 Å². The minimum Gasteiger partial charge on any atom is -0.351 e. The molecule has 7 heteroatoms. The van der Waals surface area contributed by atoms with Crippen molar-refractivity contribution >= 4 is 29.1 Å². The number of halogens is 1. The average Bonchev–Trinajstić information content (AvgIpc) is 2.96. The standard InChI is InChI=1S/C19H20ClN3O3/c1-11-7-12(2)22-19(26)16(11)9-21-18(25)13-8-17(24)23(10-13)15-5-3-14(20)4-6-15/h3-7,13H,8-10H2,1-2H3,(H,21,25)(H,22,26). The van der Waals surface area contributed by atoms with Crippen LogP contribution < -0.4 is 15.8 Å². The summed E-state index contributed by atoms with van der Waals surface area (Å²) in [5.41, 5.74) is 2.66. The molecule has 26 heavy (non-hydrogen) atoms. The van der Waals surface area contributed by atoms with E-state index in [1.807, 2.05) is 19.9 Å². The summed E-state index contributed by atoms with van der Waals surface area (Å²) >= 11 is 5.87. The Hall–Kier alpha value is -2.60. The Morgan fingerprint density at radius 3 is 2.62 bits per heavy atom. The number of H-pyrrole nitrogens is 1. The number of aromatic nitrogens is 1. The Bertz CT molecular complexity index is 905. The number of nitrogens with zero attached hydrogens (tertiary/aromatic N) is 1. The molecule has 1 aliphatic rings. The maximum atomic E-state index is 12.5. The molecule has 0 radical (unpaired) electrons. The fourth-order valence-corrected chi connectivity index (χ4v) is 3.30. The highest BCUT2D eigenvalue weighted by Gasteiger charge is 2.35. The van der Waals surface area contributed by atoms with Crippen LogP contribution in [0, 0.1) is 19.8 Å². The van der Waals surface area contributed by atoms with Crippen molar-refractivity contribution in [3.8, 4) is 0 Å². The van der Waals surface area contributed by atoms with Gasteiger partial charge in [0, 0.05) is 41.5 Å². The summed E-state index contributed by atoms with van der Waals surface area (Å²) in [5, 5.41) is 3.38. The molecule has 1 atom stereocenters. The SMILES string of the molecule is Cc1cc(C)c(CNC(=O)C2CC(=O)N(c3ccc(Cl)cc3)C2)c(=O)[nH]1. The highest BCUT2D eigenvalue weighted by molar-refractivity contribution is 6.30. The Balaban J connectivity index is 1.65. The third-order valence-electron chi connectivity index (χ3n) is 4.57. The lowest BCUT2D eigenvalue weighted by atomic mass is 10.1. The van der Waals surface area contributed by atoms with E-state index < -0.39 is 5.92 Å². The minimum atomic E-state index is -0.442. The first-order valence-corrected chi connectivity index (χ1v) is 8.76. The van der Waals surface area contributed by atoms with Crippen molar-refractivity contribution in [2.75, 3.05) is 11.4 Å². The molecule has 0 aliphatic carbocycles. The zero-order valence-electron chi connectivity index (χ0n) is 14.6. The molecule has 2 heterocycles. The number of anilines is 1. The summed E-state index contributed by atoms with van der Waals surface area (Å²) in [6.07, 6.45) is 0.150. The molecule has 2 amide bonds. The molecule has 2 aromatic rings. The van der Waals surface area contributed by atoms with E-state index >= 15 is 0 Å². The van der Waals surface area contributed by atoms with Crippen LogP contribution in [0.3, 0.4) is 0 Å².